The van der Waals surface area contributed by atoms with E-state index in [-0.39, 0.29) is 12.9 Å². The van der Waals surface area contributed by atoms with Crippen molar-refractivity contribution in [1.29, 1.82) is 0 Å². The van der Waals surface area contributed by atoms with E-state index >= 15 is 0 Å². The van der Waals surface area contributed by atoms with E-state index in [1.54, 1.807) is 0 Å². The van der Waals surface area contributed by atoms with Crippen molar-refractivity contribution in [3.05, 3.63) is 47.6 Å². The predicted molar refractivity (Wildman–Crippen MR) is 180 cm³/mol. The summed E-state index contributed by atoms with van der Waals surface area (Å²) < 4.78 is 51.8. The molecule has 8 heteroatoms. The summed E-state index contributed by atoms with van der Waals surface area (Å²) in [5.74, 6) is 1.41. The molecule has 1 aliphatic rings. The molecule has 2 rings (SSSR count). The molecular weight excluding hydrogens is 576 g/mol. The summed E-state index contributed by atoms with van der Waals surface area (Å²) in [6, 6.07) is 3.71. The van der Waals surface area contributed by atoms with Gasteiger partial charge >= 0.3 is 0 Å². The molecule has 1 unspecified atom stereocenters. The summed E-state index contributed by atoms with van der Waals surface area (Å²) in [4.78, 5) is 0. The highest BCUT2D eigenvalue weighted by molar-refractivity contribution is 7.85. The Morgan fingerprint density at radius 3 is 2.00 bits per heavy atom. The van der Waals surface area contributed by atoms with Crippen LogP contribution in [0.15, 0.2) is 36.4 Å². The molecule has 0 N–H and O–H groups in total. The van der Waals surface area contributed by atoms with Crippen molar-refractivity contribution >= 4 is 10.1 Å². The molecule has 0 amide bonds. The van der Waals surface area contributed by atoms with Gasteiger partial charge in [0.15, 0.2) is 6.29 Å². The molecule has 44 heavy (non-hydrogen) atoms. The van der Waals surface area contributed by atoms with Crippen LogP contribution in [0.4, 0.5) is 0 Å². The van der Waals surface area contributed by atoms with E-state index in [0.29, 0.717) is 31.1 Å². The van der Waals surface area contributed by atoms with Gasteiger partial charge in [0.1, 0.15) is 11.5 Å². The maximum atomic E-state index is 11.6. The van der Waals surface area contributed by atoms with Crippen LogP contribution in [-0.4, -0.2) is 47.4 Å². The van der Waals surface area contributed by atoms with E-state index in [2.05, 4.69) is 31.2 Å². The highest BCUT2D eigenvalue weighted by Gasteiger charge is 2.14. The fourth-order valence-electron chi connectivity index (χ4n) is 4.99. The summed E-state index contributed by atoms with van der Waals surface area (Å²) >= 11 is 0. The maximum absolute atomic E-state index is 11.6. The van der Waals surface area contributed by atoms with Gasteiger partial charge < -0.3 is 18.9 Å². The Morgan fingerprint density at radius 1 is 0.795 bits per heavy atom. The molecule has 7 nitrogen and oxygen atoms in total. The maximum Gasteiger partial charge on any atom is 0.264 e. The fraction of sp³-hybridized carbons (Fsp3) is 0.722. The number of benzene rings is 1. The number of hydrogen-bond acceptors (Lipinski definition) is 7. The molecule has 0 aliphatic carbocycles. The van der Waals surface area contributed by atoms with Crippen molar-refractivity contribution in [1.82, 2.24) is 0 Å². The second-order valence-corrected chi connectivity index (χ2v) is 13.5. The van der Waals surface area contributed by atoms with Crippen LogP contribution in [0.5, 0.6) is 11.5 Å². The number of unbranched alkanes of at least 4 members (excludes halogenated alkanes) is 10. The van der Waals surface area contributed by atoms with Crippen LogP contribution in [-0.2, 0) is 30.4 Å². The SMILES string of the molecule is CCCCCC=CCC=CCCCCCCCCOc1cc(COS(C)(=O)=O)cc(OCCCCOC2CCCCO2)c1C. The van der Waals surface area contributed by atoms with Gasteiger partial charge in [0.25, 0.3) is 10.1 Å². The molecule has 1 aromatic rings. The van der Waals surface area contributed by atoms with Crippen LogP contribution in [0, 0.1) is 6.92 Å². The summed E-state index contributed by atoms with van der Waals surface area (Å²) in [6.07, 6.45) is 29.6. The topological polar surface area (TPSA) is 80.3 Å². The zero-order chi connectivity index (χ0) is 31.7. The third kappa shape index (κ3) is 19.5. The first-order valence-corrected chi connectivity index (χ1v) is 19.0. The first-order valence-electron chi connectivity index (χ1n) is 17.2. The van der Waals surface area contributed by atoms with Crippen LogP contribution in [0.3, 0.4) is 0 Å². The Morgan fingerprint density at radius 2 is 1.39 bits per heavy atom. The van der Waals surface area contributed by atoms with E-state index in [0.717, 1.165) is 75.5 Å². The minimum Gasteiger partial charge on any atom is -0.493 e. The van der Waals surface area contributed by atoms with E-state index in [1.165, 1.54) is 57.8 Å². The van der Waals surface area contributed by atoms with Gasteiger partial charge in [0.05, 0.1) is 26.1 Å². The molecule has 0 aromatic heterocycles. The first-order chi connectivity index (χ1) is 21.4. The lowest BCUT2D eigenvalue weighted by atomic mass is 10.1. The standard InChI is InChI=1S/C36H60O7S/c1-4-5-6-7-8-9-10-11-12-13-14-15-16-17-18-20-25-39-34-29-33(31-43-44(3,37)38)30-35(32(34)2)40-26-22-23-28-42-36-24-19-21-27-41-36/h8-9,11-12,29-30,36H,4-7,10,13-28,31H2,1-3H3. The zero-order valence-corrected chi connectivity index (χ0v) is 28.7. The smallest absolute Gasteiger partial charge is 0.264 e. The Bertz CT molecular complexity index is 1030. The molecule has 0 bridgehead atoms. The number of allylic oxidation sites excluding steroid dienone is 4. The van der Waals surface area contributed by atoms with Gasteiger partial charge in [-0.25, -0.2) is 0 Å². The van der Waals surface area contributed by atoms with Crippen LogP contribution >= 0.6 is 0 Å². The molecule has 0 spiro atoms. The van der Waals surface area contributed by atoms with E-state index < -0.39 is 10.1 Å². The van der Waals surface area contributed by atoms with Gasteiger partial charge in [-0.05, 0) is 95.2 Å². The molecule has 1 saturated heterocycles. The molecular formula is C36H60O7S. The van der Waals surface area contributed by atoms with Gasteiger partial charge in [0, 0.05) is 18.8 Å². The lowest BCUT2D eigenvalue weighted by molar-refractivity contribution is -0.162. The Kier molecular flexibility index (Phi) is 21.2. The van der Waals surface area contributed by atoms with Crippen molar-refractivity contribution in [2.75, 3.05) is 32.7 Å². The zero-order valence-electron chi connectivity index (χ0n) is 27.9. The second-order valence-electron chi connectivity index (χ2n) is 11.8. The summed E-state index contributed by atoms with van der Waals surface area (Å²) in [5, 5.41) is 0. The minimum absolute atomic E-state index is 0.0496. The predicted octanol–water partition coefficient (Wildman–Crippen LogP) is 9.37. The second kappa shape index (κ2) is 24.4. The summed E-state index contributed by atoms with van der Waals surface area (Å²) in [7, 11) is -3.55. The van der Waals surface area contributed by atoms with Crippen LogP contribution in [0.25, 0.3) is 0 Å². The number of hydrogen-bond donors (Lipinski definition) is 0. The summed E-state index contributed by atoms with van der Waals surface area (Å²) in [6.45, 7) is 6.77. The van der Waals surface area contributed by atoms with E-state index in [9.17, 15) is 8.42 Å². The quantitative estimate of drug-likeness (QED) is 0.0569. The van der Waals surface area contributed by atoms with Crippen LogP contribution in [0.1, 0.15) is 127 Å². The van der Waals surface area contributed by atoms with Gasteiger partial charge in [-0.2, -0.15) is 8.42 Å². The molecule has 1 fully saturated rings. The monoisotopic (exact) mass is 636 g/mol. The van der Waals surface area contributed by atoms with Gasteiger partial charge in [0.2, 0.25) is 0 Å². The average molecular weight is 637 g/mol. The van der Waals surface area contributed by atoms with E-state index in [1.807, 2.05) is 19.1 Å². The fourth-order valence-corrected chi connectivity index (χ4v) is 5.34. The minimum atomic E-state index is -3.55. The highest BCUT2D eigenvalue weighted by Crippen LogP contribution is 2.31. The number of ether oxygens (including phenoxy) is 4. The highest BCUT2D eigenvalue weighted by atomic mass is 32.2. The van der Waals surface area contributed by atoms with Crippen molar-refractivity contribution in [3.63, 3.8) is 0 Å². The summed E-state index contributed by atoms with van der Waals surface area (Å²) in [5.41, 5.74) is 1.63. The van der Waals surface area contributed by atoms with E-state index in [4.69, 9.17) is 23.1 Å². The van der Waals surface area contributed by atoms with Crippen molar-refractivity contribution in [2.24, 2.45) is 0 Å². The molecule has 1 aromatic carbocycles. The third-order valence-corrected chi connectivity index (χ3v) is 8.20. The van der Waals surface area contributed by atoms with Crippen molar-refractivity contribution < 1.29 is 31.5 Å². The Balaban J connectivity index is 1.65. The third-order valence-electron chi connectivity index (χ3n) is 7.65. The Hall–Kier alpha value is -1.87. The van der Waals surface area contributed by atoms with Gasteiger partial charge in [-0.1, -0.05) is 69.8 Å². The lowest BCUT2D eigenvalue weighted by Crippen LogP contribution is -2.22. The van der Waals surface area contributed by atoms with Gasteiger partial charge in [-0.15, -0.1) is 0 Å². The molecule has 252 valence electrons. The molecule has 1 atom stereocenters. The van der Waals surface area contributed by atoms with Crippen LogP contribution in [0.2, 0.25) is 0 Å². The largest absolute Gasteiger partial charge is 0.493 e. The average Bonchev–Trinajstić information content (AvgIpc) is 3.01. The van der Waals surface area contributed by atoms with Crippen LogP contribution < -0.4 is 9.47 Å². The molecule has 0 radical (unpaired) electrons. The normalized spacial score (nSPS) is 15.8. The van der Waals surface area contributed by atoms with Crippen molar-refractivity contribution in [2.45, 2.75) is 136 Å². The Labute approximate surface area is 268 Å². The van der Waals surface area contributed by atoms with Crippen molar-refractivity contribution in [3.8, 4) is 11.5 Å². The first kappa shape index (κ1) is 38.3. The lowest BCUT2D eigenvalue weighted by Gasteiger charge is -2.22. The molecule has 0 saturated carbocycles. The molecule has 1 heterocycles. The van der Waals surface area contributed by atoms with Gasteiger partial charge in [-0.3, -0.25) is 4.18 Å². The number of rotatable bonds is 26. The molecule has 1 aliphatic heterocycles.